The summed E-state index contributed by atoms with van der Waals surface area (Å²) in [4.78, 5) is 16.4. The van der Waals surface area contributed by atoms with Crippen LogP contribution in [-0.2, 0) is 4.79 Å². The molecule has 0 saturated carbocycles. The maximum absolute atomic E-state index is 12.4. The fourth-order valence-electron chi connectivity index (χ4n) is 3.22. The van der Waals surface area contributed by atoms with E-state index < -0.39 is 6.10 Å². The van der Waals surface area contributed by atoms with E-state index in [0.717, 1.165) is 11.3 Å². The van der Waals surface area contributed by atoms with Gasteiger partial charge in [0.2, 0.25) is 5.91 Å². The van der Waals surface area contributed by atoms with Crippen molar-refractivity contribution >= 4 is 12.0 Å². The number of carbonyl (C=O) groups excluding carboxylic acids is 1. The predicted octanol–water partition coefficient (Wildman–Crippen LogP) is 2.16. The highest BCUT2D eigenvalue weighted by Crippen LogP contribution is 2.11. The average Bonchev–Trinajstić information content (AvgIpc) is 2.77. The Kier molecular flexibility index (Phi) is 7.40. The second-order valence-electron chi connectivity index (χ2n) is 6.94. The fraction of sp³-hybridized carbons (Fsp3) is 0.304. The minimum absolute atomic E-state index is 0.0645. The SMILES string of the molecule is N#Cc1ccccc1/C=C/C(=O)N1CCN(CC(O)COc2ccccc2)CC1. The molecule has 0 aromatic heterocycles. The molecule has 1 N–H and O–H groups in total. The number of rotatable bonds is 7. The minimum atomic E-state index is -0.583. The van der Waals surface area contributed by atoms with E-state index in [1.807, 2.05) is 42.5 Å². The minimum Gasteiger partial charge on any atom is -0.491 e. The zero-order valence-electron chi connectivity index (χ0n) is 16.3. The van der Waals surface area contributed by atoms with Crippen LogP contribution in [0.15, 0.2) is 60.7 Å². The first-order valence-electron chi connectivity index (χ1n) is 9.70. The van der Waals surface area contributed by atoms with Crippen molar-refractivity contribution in [1.82, 2.24) is 9.80 Å². The molecule has 1 saturated heterocycles. The van der Waals surface area contributed by atoms with Crippen molar-refractivity contribution in [3.05, 3.63) is 71.8 Å². The maximum Gasteiger partial charge on any atom is 0.246 e. The summed E-state index contributed by atoms with van der Waals surface area (Å²) in [7, 11) is 0. The largest absolute Gasteiger partial charge is 0.491 e. The van der Waals surface area contributed by atoms with Crippen LogP contribution in [0.25, 0.3) is 6.08 Å². The van der Waals surface area contributed by atoms with E-state index in [0.29, 0.717) is 38.3 Å². The lowest BCUT2D eigenvalue weighted by Gasteiger charge is -2.35. The summed E-state index contributed by atoms with van der Waals surface area (Å²) in [6, 6.07) is 18.8. The number of aliphatic hydroxyl groups is 1. The van der Waals surface area contributed by atoms with E-state index in [2.05, 4.69) is 11.0 Å². The molecule has 1 aliphatic heterocycles. The summed E-state index contributed by atoms with van der Waals surface area (Å²) in [6.45, 7) is 3.38. The quantitative estimate of drug-likeness (QED) is 0.732. The molecule has 1 heterocycles. The summed E-state index contributed by atoms with van der Waals surface area (Å²) >= 11 is 0. The summed E-state index contributed by atoms with van der Waals surface area (Å²) in [5.74, 6) is 0.678. The van der Waals surface area contributed by atoms with E-state index in [9.17, 15) is 9.90 Å². The second kappa shape index (κ2) is 10.4. The first-order chi connectivity index (χ1) is 14.2. The molecule has 1 unspecified atom stereocenters. The van der Waals surface area contributed by atoms with Crippen LogP contribution in [0.5, 0.6) is 5.75 Å². The van der Waals surface area contributed by atoms with Crippen LogP contribution in [0.4, 0.5) is 0 Å². The van der Waals surface area contributed by atoms with Gasteiger partial charge in [0.05, 0.1) is 11.6 Å². The van der Waals surface area contributed by atoms with Crippen LogP contribution in [0.3, 0.4) is 0 Å². The molecular weight excluding hydrogens is 366 g/mol. The fourth-order valence-corrected chi connectivity index (χ4v) is 3.22. The number of benzene rings is 2. The smallest absolute Gasteiger partial charge is 0.246 e. The number of para-hydroxylation sites is 1. The third-order valence-corrected chi connectivity index (χ3v) is 4.83. The van der Waals surface area contributed by atoms with Crippen molar-refractivity contribution in [3.8, 4) is 11.8 Å². The first-order valence-corrected chi connectivity index (χ1v) is 9.70. The number of ether oxygens (including phenoxy) is 1. The molecular formula is C23H25N3O3. The normalized spacial score (nSPS) is 15.8. The Bertz CT molecular complexity index is 868. The van der Waals surface area contributed by atoms with Crippen LogP contribution >= 0.6 is 0 Å². The second-order valence-corrected chi connectivity index (χ2v) is 6.94. The van der Waals surface area contributed by atoms with Gasteiger partial charge < -0.3 is 14.7 Å². The Morgan fingerprint density at radius 2 is 1.79 bits per heavy atom. The summed E-state index contributed by atoms with van der Waals surface area (Å²) in [5.41, 5.74) is 1.29. The van der Waals surface area contributed by atoms with Crippen LogP contribution in [0, 0.1) is 11.3 Å². The number of hydrogen-bond donors (Lipinski definition) is 1. The Morgan fingerprint density at radius 1 is 1.10 bits per heavy atom. The van der Waals surface area contributed by atoms with Gasteiger partial charge in [0.15, 0.2) is 0 Å². The molecule has 1 fully saturated rings. The van der Waals surface area contributed by atoms with Crippen molar-refractivity contribution in [3.63, 3.8) is 0 Å². The average molecular weight is 391 g/mol. The molecule has 0 radical (unpaired) electrons. The molecule has 1 atom stereocenters. The summed E-state index contributed by atoms with van der Waals surface area (Å²) < 4.78 is 5.59. The molecule has 6 heteroatoms. The Morgan fingerprint density at radius 3 is 2.52 bits per heavy atom. The number of aliphatic hydroxyl groups excluding tert-OH is 1. The standard InChI is InChI=1S/C23H25N3O3/c24-16-20-7-5-4-6-19(20)10-11-23(28)26-14-12-25(13-15-26)17-21(27)18-29-22-8-2-1-3-9-22/h1-11,21,27H,12-15,17-18H2/b11-10+. The molecule has 29 heavy (non-hydrogen) atoms. The third kappa shape index (κ3) is 6.18. The number of β-amino-alcohol motifs (C(OH)–C–C–N with tert-alkyl or cyclic N) is 1. The maximum atomic E-state index is 12.4. The number of carbonyl (C=O) groups is 1. The molecule has 2 aromatic carbocycles. The van der Waals surface area contributed by atoms with Crippen molar-refractivity contribution in [2.75, 3.05) is 39.3 Å². The van der Waals surface area contributed by atoms with E-state index in [1.165, 1.54) is 6.08 Å². The predicted molar refractivity (Wildman–Crippen MR) is 111 cm³/mol. The van der Waals surface area contributed by atoms with Gasteiger partial charge in [-0.2, -0.15) is 5.26 Å². The Hall–Kier alpha value is -3.14. The molecule has 1 amide bonds. The molecule has 2 aromatic rings. The summed E-state index contributed by atoms with van der Waals surface area (Å²) in [6.07, 6.45) is 2.63. The molecule has 6 nitrogen and oxygen atoms in total. The number of nitriles is 1. The molecule has 3 rings (SSSR count). The van der Waals surface area contributed by atoms with Gasteiger partial charge in [-0.15, -0.1) is 0 Å². The summed E-state index contributed by atoms with van der Waals surface area (Å²) in [5, 5.41) is 19.3. The molecule has 0 aliphatic carbocycles. The highest BCUT2D eigenvalue weighted by atomic mass is 16.5. The van der Waals surface area contributed by atoms with E-state index >= 15 is 0 Å². The van der Waals surface area contributed by atoms with Crippen LogP contribution in [0.2, 0.25) is 0 Å². The van der Waals surface area contributed by atoms with Crippen LogP contribution in [0.1, 0.15) is 11.1 Å². The Balaban J connectivity index is 1.42. The van der Waals surface area contributed by atoms with Crippen molar-refractivity contribution in [2.45, 2.75) is 6.10 Å². The topological polar surface area (TPSA) is 76.8 Å². The van der Waals surface area contributed by atoms with E-state index in [1.54, 1.807) is 23.1 Å². The van der Waals surface area contributed by atoms with Gasteiger partial charge in [-0.1, -0.05) is 36.4 Å². The van der Waals surface area contributed by atoms with Crippen LogP contribution < -0.4 is 4.74 Å². The lowest BCUT2D eigenvalue weighted by Crippen LogP contribution is -2.50. The number of hydrogen-bond acceptors (Lipinski definition) is 5. The first kappa shape index (κ1) is 20.6. The molecule has 1 aliphatic rings. The molecule has 150 valence electrons. The van der Waals surface area contributed by atoms with Gasteiger partial charge in [0.25, 0.3) is 0 Å². The van der Waals surface area contributed by atoms with Crippen molar-refractivity contribution in [1.29, 1.82) is 5.26 Å². The van der Waals surface area contributed by atoms with E-state index in [-0.39, 0.29) is 12.5 Å². The van der Waals surface area contributed by atoms with Gasteiger partial charge >= 0.3 is 0 Å². The van der Waals surface area contributed by atoms with Gasteiger partial charge in [0.1, 0.15) is 18.5 Å². The van der Waals surface area contributed by atoms with Gasteiger partial charge in [-0.3, -0.25) is 9.69 Å². The highest BCUT2D eigenvalue weighted by molar-refractivity contribution is 5.92. The number of piperazine rings is 1. The van der Waals surface area contributed by atoms with Gasteiger partial charge in [-0.05, 0) is 29.8 Å². The molecule has 0 bridgehead atoms. The highest BCUT2D eigenvalue weighted by Gasteiger charge is 2.21. The molecule has 0 spiro atoms. The van der Waals surface area contributed by atoms with E-state index in [4.69, 9.17) is 10.00 Å². The number of amides is 1. The zero-order valence-corrected chi connectivity index (χ0v) is 16.3. The van der Waals surface area contributed by atoms with Crippen molar-refractivity contribution < 1.29 is 14.6 Å². The third-order valence-electron chi connectivity index (χ3n) is 4.83. The van der Waals surface area contributed by atoms with Crippen LogP contribution in [-0.4, -0.2) is 66.2 Å². The number of nitrogens with zero attached hydrogens (tertiary/aromatic N) is 3. The van der Waals surface area contributed by atoms with Crippen molar-refractivity contribution in [2.24, 2.45) is 0 Å². The van der Waals surface area contributed by atoms with Gasteiger partial charge in [-0.25, -0.2) is 0 Å². The monoisotopic (exact) mass is 391 g/mol. The lowest BCUT2D eigenvalue weighted by molar-refractivity contribution is -0.127. The zero-order chi connectivity index (χ0) is 20.5. The van der Waals surface area contributed by atoms with Gasteiger partial charge in [0, 0.05) is 38.8 Å². The Labute approximate surface area is 171 Å². The lowest BCUT2D eigenvalue weighted by atomic mass is 10.1.